The first-order valence-corrected chi connectivity index (χ1v) is 6.27. The molecule has 0 aromatic heterocycles. The van der Waals surface area contributed by atoms with Gasteiger partial charge >= 0.3 is 0 Å². The van der Waals surface area contributed by atoms with Crippen molar-refractivity contribution in [3.63, 3.8) is 0 Å². The molecule has 0 aromatic rings. The van der Waals surface area contributed by atoms with Crippen LogP contribution in [-0.2, 0) is 14.3 Å². The van der Waals surface area contributed by atoms with E-state index in [0.29, 0.717) is 6.42 Å². The first kappa shape index (κ1) is 12.5. The Balaban J connectivity index is 3.33. The number of hydrogen-bond donors (Lipinski definition) is 0. The van der Waals surface area contributed by atoms with Crippen LogP contribution in [0.3, 0.4) is 0 Å². The summed E-state index contributed by atoms with van der Waals surface area (Å²) in [4.78, 5) is 10.8. The second-order valence-corrected chi connectivity index (χ2v) is 4.77. The number of carbonyl (C=O) groups excluding carboxylic acids is 1. The molecule has 4 heteroatoms. The van der Waals surface area contributed by atoms with Gasteiger partial charge in [-0.15, -0.1) is 0 Å². The average molecular weight is 202 g/mol. The Bertz CT molecular complexity index is 155. The molecule has 0 saturated carbocycles. The van der Waals surface area contributed by atoms with Gasteiger partial charge in [0.25, 0.3) is 0 Å². The maximum absolute atomic E-state index is 10.8. The van der Waals surface area contributed by atoms with Gasteiger partial charge in [-0.2, -0.15) is 0 Å². The van der Waals surface area contributed by atoms with Crippen molar-refractivity contribution in [2.24, 2.45) is 0 Å². The fourth-order valence-electron chi connectivity index (χ4n) is 1.04. The minimum atomic E-state index is -0.356. The molecule has 0 atom stereocenters. The molecule has 0 unspecified atom stereocenters. The van der Waals surface area contributed by atoms with Gasteiger partial charge in [0, 0.05) is 20.6 Å². The molecular formula is C9H18O3Si. The lowest BCUT2D eigenvalue weighted by Crippen LogP contribution is -2.21. The Morgan fingerprint density at radius 1 is 1.54 bits per heavy atom. The highest BCUT2D eigenvalue weighted by molar-refractivity contribution is 6.36. The topological polar surface area (TPSA) is 35.5 Å². The van der Waals surface area contributed by atoms with Crippen molar-refractivity contribution in [1.82, 2.24) is 0 Å². The standard InChI is InChI=1S/C9H18O3Si/c1-4-8(10)6-5-7-13-9(11-2)12-3/h4,9H,1,5-7,13H2,2-3H3. The fourth-order valence-corrected chi connectivity index (χ4v) is 2.39. The van der Waals surface area contributed by atoms with Crippen LogP contribution in [-0.4, -0.2) is 35.4 Å². The summed E-state index contributed by atoms with van der Waals surface area (Å²) in [7, 11) is 2.94. The first-order chi connectivity index (χ1) is 6.24. The van der Waals surface area contributed by atoms with E-state index >= 15 is 0 Å². The third-order valence-electron chi connectivity index (χ3n) is 1.87. The predicted octanol–water partition coefficient (Wildman–Crippen LogP) is 0.685. The SMILES string of the molecule is C=CC(=O)CCC[SiH2]C(OC)OC. The second kappa shape index (κ2) is 8.16. The second-order valence-electron chi connectivity index (χ2n) is 2.82. The zero-order chi connectivity index (χ0) is 10.1. The van der Waals surface area contributed by atoms with Gasteiger partial charge < -0.3 is 9.47 Å². The Morgan fingerprint density at radius 2 is 2.15 bits per heavy atom. The van der Waals surface area contributed by atoms with E-state index < -0.39 is 0 Å². The van der Waals surface area contributed by atoms with Gasteiger partial charge in [-0.25, -0.2) is 0 Å². The molecule has 13 heavy (non-hydrogen) atoms. The van der Waals surface area contributed by atoms with Crippen molar-refractivity contribution < 1.29 is 14.3 Å². The van der Waals surface area contributed by atoms with Crippen LogP contribution in [0.15, 0.2) is 12.7 Å². The van der Waals surface area contributed by atoms with Crippen molar-refractivity contribution in [2.75, 3.05) is 14.2 Å². The largest absolute Gasteiger partial charge is 0.360 e. The Labute approximate surface area is 81.9 Å². The van der Waals surface area contributed by atoms with Crippen LogP contribution in [0.1, 0.15) is 12.8 Å². The van der Waals surface area contributed by atoms with Gasteiger partial charge in [0.15, 0.2) is 5.78 Å². The zero-order valence-corrected chi connectivity index (χ0v) is 9.83. The maximum atomic E-state index is 10.8. The number of hydrogen-bond acceptors (Lipinski definition) is 3. The monoisotopic (exact) mass is 202 g/mol. The quantitative estimate of drug-likeness (QED) is 0.251. The molecule has 0 N–H and O–H groups in total. The van der Waals surface area contributed by atoms with E-state index in [9.17, 15) is 4.79 Å². The van der Waals surface area contributed by atoms with Crippen LogP contribution in [0.5, 0.6) is 0 Å². The van der Waals surface area contributed by atoms with E-state index in [2.05, 4.69) is 6.58 Å². The van der Waals surface area contributed by atoms with E-state index in [1.807, 2.05) is 0 Å². The fraction of sp³-hybridized carbons (Fsp3) is 0.667. The van der Waals surface area contributed by atoms with Crippen LogP contribution in [0.4, 0.5) is 0 Å². The van der Waals surface area contributed by atoms with Crippen molar-refractivity contribution in [3.05, 3.63) is 12.7 Å². The van der Waals surface area contributed by atoms with E-state index in [4.69, 9.17) is 9.47 Å². The van der Waals surface area contributed by atoms with Crippen LogP contribution in [0, 0.1) is 0 Å². The molecule has 0 fully saturated rings. The number of ether oxygens (including phenoxy) is 2. The van der Waals surface area contributed by atoms with E-state index in [-0.39, 0.29) is 21.2 Å². The molecule has 0 aliphatic carbocycles. The van der Waals surface area contributed by atoms with Crippen molar-refractivity contribution in [3.8, 4) is 0 Å². The minimum Gasteiger partial charge on any atom is -0.360 e. The Hall–Kier alpha value is -0.453. The molecule has 0 amide bonds. The molecule has 0 radical (unpaired) electrons. The third kappa shape index (κ3) is 6.69. The highest BCUT2D eigenvalue weighted by atomic mass is 28.2. The van der Waals surface area contributed by atoms with E-state index in [1.54, 1.807) is 14.2 Å². The summed E-state index contributed by atoms with van der Waals surface area (Å²) in [5.74, 6) is 0.124. The number of methoxy groups -OCH3 is 2. The van der Waals surface area contributed by atoms with Crippen molar-refractivity contribution in [1.29, 1.82) is 0 Å². The number of ketones is 1. The van der Waals surface area contributed by atoms with Crippen molar-refractivity contribution in [2.45, 2.75) is 24.8 Å². The summed E-state index contributed by atoms with van der Waals surface area (Å²) in [6, 6.07) is 1.08. The van der Waals surface area contributed by atoms with Gasteiger partial charge in [-0.3, -0.25) is 4.79 Å². The first-order valence-electron chi connectivity index (χ1n) is 4.45. The van der Waals surface area contributed by atoms with Crippen LogP contribution in [0.2, 0.25) is 6.04 Å². The van der Waals surface area contributed by atoms with Crippen LogP contribution >= 0.6 is 0 Å². The summed E-state index contributed by atoms with van der Waals surface area (Å²) in [6.07, 6.45) is 2.92. The minimum absolute atomic E-state index is 0.00108. The maximum Gasteiger partial charge on any atom is 0.155 e. The summed E-state index contributed by atoms with van der Waals surface area (Å²) in [5.41, 5.74) is 0. The number of carbonyl (C=O) groups is 1. The number of allylic oxidation sites excluding steroid dienone is 1. The van der Waals surface area contributed by atoms with Gasteiger partial charge in [0.2, 0.25) is 0 Å². The molecule has 0 saturated heterocycles. The molecule has 0 aliphatic rings. The molecule has 0 aliphatic heterocycles. The predicted molar refractivity (Wildman–Crippen MR) is 55.6 cm³/mol. The molecule has 0 bridgehead atoms. The summed E-state index contributed by atoms with van der Waals surface area (Å²) in [5, 5.41) is 0. The van der Waals surface area contributed by atoms with Crippen LogP contribution in [0.25, 0.3) is 0 Å². The molecular weight excluding hydrogens is 184 g/mol. The Morgan fingerprint density at radius 3 is 2.62 bits per heavy atom. The van der Waals surface area contributed by atoms with Crippen LogP contribution < -0.4 is 0 Å². The molecule has 3 nitrogen and oxygen atoms in total. The molecule has 76 valence electrons. The zero-order valence-electron chi connectivity index (χ0n) is 8.41. The summed E-state index contributed by atoms with van der Waals surface area (Å²) >= 11 is 0. The Kier molecular flexibility index (Phi) is 7.87. The lowest BCUT2D eigenvalue weighted by atomic mass is 10.2. The smallest absolute Gasteiger partial charge is 0.155 e. The summed E-state index contributed by atoms with van der Waals surface area (Å²) < 4.78 is 10.1. The lowest BCUT2D eigenvalue weighted by Gasteiger charge is -2.11. The summed E-state index contributed by atoms with van der Waals surface area (Å²) in [6.45, 7) is 3.42. The van der Waals surface area contributed by atoms with Gasteiger partial charge in [0.05, 0.1) is 9.52 Å². The molecule has 0 rings (SSSR count). The van der Waals surface area contributed by atoms with E-state index in [0.717, 1.165) is 12.5 Å². The molecule has 0 aromatic carbocycles. The van der Waals surface area contributed by atoms with Gasteiger partial charge in [-0.05, 0) is 12.5 Å². The lowest BCUT2D eigenvalue weighted by molar-refractivity contribution is -0.114. The van der Waals surface area contributed by atoms with Gasteiger partial charge in [-0.1, -0.05) is 12.6 Å². The van der Waals surface area contributed by atoms with Crippen molar-refractivity contribution >= 4 is 15.3 Å². The van der Waals surface area contributed by atoms with E-state index in [1.165, 1.54) is 6.08 Å². The number of rotatable bonds is 8. The molecule has 0 spiro atoms. The average Bonchev–Trinajstić information content (AvgIpc) is 2.18. The molecule has 0 heterocycles. The highest BCUT2D eigenvalue weighted by Crippen LogP contribution is 2.00. The normalized spacial score (nSPS) is 11.3. The highest BCUT2D eigenvalue weighted by Gasteiger charge is 2.05. The van der Waals surface area contributed by atoms with Gasteiger partial charge in [0.1, 0.15) is 5.91 Å². The third-order valence-corrected chi connectivity index (χ3v) is 3.91.